The van der Waals surface area contributed by atoms with E-state index in [-0.39, 0.29) is 11.7 Å². The summed E-state index contributed by atoms with van der Waals surface area (Å²) in [6.07, 6.45) is 3.33. The van der Waals surface area contributed by atoms with E-state index in [9.17, 15) is 4.79 Å². The van der Waals surface area contributed by atoms with Crippen LogP contribution in [-0.2, 0) is 17.4 Å². The lowest BCUT2D eigenvalue weighted by atomic mass is 10.0. The summed E-state index contributed by atoms with van der Waals surface area (Å²) in [5.74, 6) is 1.90. The highest BCUT2D eigenvalue weighted by Crippen LogP contribution is 2.44. The molecule has 0 spiro atoms. The molecule has 1 saturated carbocycles. The van der Waals surface area contributed by atoms with Gasteiger partial charge >= 0.3 is 5.69 Å². The first kappa shape index (κ1) is 23.3. The number of rotatable bonds is 7. The molecule has 8 heteroatoms. The maximum Gasteiger partial charge on any atom is 0.330 e. The first-order chi connectivity index (χ1) is 17.2. The average Bonchev–Trinajstić information content (AvgIpc) is 3.38. The van der Waals surface area contributed by atoms with Crippen molar-refractivity contribution in [3.05, 3.63) is 52.7 Å². The zero-order valence-corrected chi connectivity index (χ0v) is 21.7. The lowest BCUT2D eigenvalue weighted by Gasteiger charge is -2.27. The van der Waals surface area contributed by atoms with Crippen LogP contribution >= 0.6 is 0 Å². The fraction of sp³-hybridized carbons (Fsp3) is 0.500. The second-order valence-electron chi connectivity index (χ2n) is 11.2. The Balaban J connectivity index is 1.26. The molecular formula is C28H34N6O2. The summed E-state index contributed by atoms with van der Waals surface area (Å²) in [5.41, 5.74) is 4.59. The van der Waals surface area contributed by atoms with Gasteiger partial charge in [-0.3, -0.25) is 14.1 Å². The standard InChI is InChI=1S/C28H34N6O2/c1-17(2)34-25-22-13-18(6-8-23(22)30-31-26(25)32(5)27(34)35)19-7-9-24(29-14-19)28(3,4)36-11-10-33-15-20-12-21(20)16-33/h6-9,13-14,17,20-21H,10-12,15-16H2,1-5H3. The van der Waals surface area contributed by atoms with Crippen LogP contribution in [0.5, 0.6) is 0 Å². The number of hydrogen-bond acceptors (Lipinski definition) is 6. The molecule has 2 atom stereocenters. The van der Waals surface area contributed by atoms with Gasteiger partial charge in [-0.25, -0.2) is 4.79 Å². The second-order valence-corrected chi connectivity index (χ2v) is 11.2. The Morgan fingerprint density at radius 2 is 1.83 bits per heavy atom. The molecule has 0 amide bonds. The quantitative estimate of drug-likeness (QED) is 0.391. The lowest BCUT2D eigenvalue weighted by molar-refractivity contribution is -0.0325. The predicted molar refractivity (Wildman–Crippen MR) is 141 cm³/mol. The number of hydrogen-bond donors (Lipinski definition) is 0. The number of likely N-dealkylation sites (tertiary alicyclic amines) is 1. The number of nitrogens with zero attached hydrogens (tertiary/aromatic N) is 6. The Kier molecular flexibility index (Phi) is 5.50. The minimum absolute atomic E-state index is 0.0107. The largest absolute Gasteiger partial charge is 0.368 e. The number of benzene rings is 1. The molecule has 3 aromatic heterocycles. The van der Waals surface area contributed by atoms with Gasteiger partial charge in [0, 0.05) is 49.9 Å². The van der Waals surface area contributed by atoms with E-state index in [0.717, 1.165) is 51.6 Å². The van der Waals surface area contributed by atoms with E-state index in [2.05, 4.69) is 47.1 Å². The van der Waals surface area contributed by atoms with Crippen molar-refractivity contribution < 1.29 is 4.74 Å². The van der Waals surface area contributed by atoms with Crippen molar-refractivity contribution in [2.75, 3.05) is 26.2 Å². The van der Waals surface area contributed by atoms with Gasteiger partial charge in [0.25, 0.3) is 0 Å². The summed E-state index contributed by atoms with van der Waals surface area (Å²) >= 11 is 0. The van der Waals surface area contributed by atoms with E-state index >= 15 is 0 Å². The van der Waals surface area contributed by atoms with Crippen molar-refractivity contribution >= 4 is 22.1 Å². The summed E-state index contributed by atoms with van der Waals surface area (Å²) in [5, 5.41) is 9.62. The number of piperidine rings is 1. The molecule has 36 heavy (non-hydrogen) atoms. The van der Waals surface area contributed by atoms with E-state index in [0.29, 0.717) is 12.3 Å². The molecule has 6 rings (SSSR count). The van der Waals surface area contributed by atoms with Crippen LogP contribution in [0.15, 0.2) is 41.3 Å². The topological polar surface area (TPSA) is 78.1 Å². The van der Waals surface area contributed by atoms with Crippen molar-refractivity contribution in [2.24, 2.45) is 18.9 Å². The van der Waals surface area contributed by atoms with Crippen LogP contribution < -0.4 is 5.69 Å². The zero-order chi connectivity index (χ0) is 25.2. The monoisotopic (exact) mass is 486 g/mol. The molecule has 8 nitrogen and oxygen atoms in total. The van der Waals surface area contributed by atoms with Crippen molar-refractivity contribution in [3.63, 3.8) is 0 Å². The summed E-state index contributed by atoms with van der Waals surface area (Å²) in [4.78, 5) is 20.2. The average molecular weight is 487 g/mol. The molecule has 4 aromatic rings. The molecule has 0 N–H and O–H groups in total. The molecule has 0 radical (unpaired) electrons. The fourth-order valence-corrected chi connectivity index (χ4v) is 5.65. The van der Waals surface area contributed by atoms with Gasteiger partial charge in [0.2, 0.25) is 0 Å². The second kappa shape index (κ2) is 8.49. The third-order valence-electron chi connectivity index (χ3n) is 7.92. The highest BCUT2D eigenvalue weighted by atomic mass is 16.5. The first-order valence-electron chi connectivity index (χ1n) is 12.9. The summed E-state index contributed by atoms with van der Waals surface area (Å²) in [7, 11) is 1.74. The Morgan fingerprint density at radius 3 is 2.53 bits per heavy atom. The third-order valence-corrected chi connectivity index (χ3v) is 7.92. The van der Waals surface area contributed by atoms with Gasteiger partial charge in [-0.15, -0.1) is 10.2 Å². The predicted octanol–water partition coefficient (Wildman–Crippen LogP) is 4.13. The van der Waals surface area contributed by atoms with Gasteiger partial charge in [0.05, 0.1) is 17.8 Å². The van der Waals surface area contributed by atoms with Crippen LogP contribution in [0.2, 0.25) is 0 Å². The minimum atomic E-state index is -0.455. The van der Waals surface area contributed by atoms with Crippen molar-refractivity contribution in [2.45, 2.75) is 45.8 Å². The van der Waals surface area contributed by atoms with Crippen molar-refractivity contribution in [3.8, 4) is 11.1 Å². The van der Waals surface area contributed by atoms with Crippen LogP contribution in [0, 0.1) is 11.8 Å². The van der Waals surface area contributed by atoms with E-state index in [1.165, 1.54) is 19.5 Å². The summed E-state index contributed by atoms with van der Waals surface area (Å²) in [6.45, 7) is 12.4. The Hall–Kier alpha value is -3.10. The number of aromatic nitrogens is 5. The molecule has 2 unspecified atom stereocenters. The maximum absolute atomic E-state index is 12.9. The van der Waals surface area contributed by atoms with Crippen LogP contribution in [0.25, 0.3) is 33.2 Å². The first-order valence-corrected chi connectivity index (χ1v) is 12.9. The molecule has 0 bridgehead atoms. The maximum atomic E-state index is 12.9. The van der Waals surface area contributed by atoms with Gasteiger partial charge in [-0.2, -0.15) is 0 Å². The van der Waals surface area contributed by atoms with E-state index in [1.54, 1.807) is 16.2 Å². The zero-order valence-electron chi connectivity index (χ0n) is 21.7. The minimum Gasteiger partial charge on any atom is -0.368 e. The Labute approximate surface area is 210 Å². The Morgan fingerprint density at radius 1 is 1.08 bits per heavy atom. The van der Waals surface area contributed by atoms with Gasteiger partial charge in [-0.1, -0.05) is 12.1 Å². The van der Waals surface area contributed by atoms with Gasteiger partial charge < -0.3 is 9.64 Å². The molecule has 188 valence electrons. The number of imidazole rings is 1. The van der Waals surface area contributed by atoms with Crippen LogP contribution in [0.3, 0.4) is 0 Å². The van der Waals surface area contributed by atoms with E-state index < -0.39 is 5.60 Å². The molecule has 1 aliphatic heterocycles. The number of pyridine rings is 1. The molecule has 1 aromatic carbocycles. The molecule has 2 fully saturated rings. The smallest absolute Gasteiger partial charge is 0.330 e. The highest BCUT2D eigenvalue weighted by molar-refractivity contribution is 6.02. The molecule has 4 heterocycles. The van der Waals surface area contributed by atoms with Gasteiger partial charge in [-0.05, 0) is 69.7 Å². The molecular weight excluding hydrogens is 452 g/mol. The van der Waals surface area contributed by atoms with Gasteiger partial charge in [0.1, 0.15) is 11.1 Å². The lowest BCUT2D eigenvalue weighted by Crippen LogP contribution is -2.31. The van der Waals surface area contributed by atoms with Crippen molar-refractivity contribution in [1.82, 2.24) is 29.2 Å². The van der Waals surface area contributed by atoms with Gasteiger partial charge in [0.15, 0.2) is 5.65 Å². The number of aryl methyl sites for hydroxylation is 1. The normalized spacial score (nSPS) is 20.1. The molecule has 1 saturated heterocycles. The summed E-state index contributed by atoms with van der Waals surface area (Å²) < 4.78 is 9.64. The van der Waals surface area contributed by atoms with Crippen LogP contribution in [0.4, 0.5) is 0 Å². The number of ether oxygens (including phenoxy) is 1. The van der Waals surface area contributed by atoms with E-state index in [4.69, 9.17) is 9.72 Å². The fourth-order valence-electron chi connectivity index (χ4n) is 5.65. The summed E-state index contributed by atoms with van der Waals surface area (Å²) in [6, 6.07) is 10.2. The van der Waals surface area contributed by atoms with E-state index in [1.807, 2.05) is 32.2 Å². The van der Waals surface area contributed by atoms with Crippen LogP contribution in [0.1, 0.15) is 45.9 Å². The third kappa shape index (κ3) is 3.92. The Bertz CT molecular complexity index is 1490. The molecule has 2 aliphatic rings. The highest BCUT2D eigenvalue weighted by Gasteiger charge is 2.44. The van der Waals surface area contributed by atoms with Crippen LogP contribution in [-0.4, -0.2) is 55.5 Å². The SMILES string of the molecule is CC(C)n1c(=O)n(C)c2nnc3ccc(-c4ccc(C(C)(C)OCCN5CC6CC6C5)nc4)cc3c21. The number of fused-ring (bicyclic) bond motifs is 4. The molecule has 1 aliphatic carbocycles. The van der Waals surface area contributed by atoms with Crippen molar-refractivity contribution in [1.29, 1.82) is 0 Å².